The van der Waals surface area contributed by atoms with Crippen molar-refractivity contribution >= 4 is 21.5 Å². The Bertz CT molecular complexity index is 1050. The molecule has 0 atom stereocenters. The number of nitrogens with zero attached hydrogens (tertiary/aromatic N) is 4. The van der Waals surface area contributed by atoms with E-state index in [1.807, 2.05) is 24.3 Å². The van der Waals surface area contributed by atoms with Crippen LogP contribution in [0.4, 0.5) is 11.5 Å². The average Bonchev–Trinajstić information content (AvgIpc) is 3.32. The third-order valence-corrected chi connectivity index (χ3v) is 6.49. The maximum Gasteiger partial charge on any atom is 0.265 e. The smallest absolute Gasteiger partial charge is 0.265 e. The van der Waals surface area contributed by atoms with E-state index in [-0.39, 0.29) is 4.90 Å². The maximum absolute atomic E-state index is 12.6. The number of hydrogen-bond donors (Lipinski definition) is 2. The fourth-order valence-corrected chi connectivity index (χ4v) is 4.88. The molecule has 2 N–H and O–H groups in total. The quantitative estimate of drug-likeness (QED) is 0.685. The number of aromatic amines is 1. The molecule has 1 aromatic carbocycles. The number of rotatable bonds is 5. The van der Waals surface area contributed by atoms with Crippen LogP contribution >= 0.6 is 0 Å². The fourth-order valence-electron chi connectivity index (χ4n) is 3.45. The number of anilines is 2. The number of aromatic nitrogens is 4. The highest BCUT2D eigenvalue weighted by molar-refractivity contribution is 7.92. The molecule has 1 fully saturated rings. The second-order valence-corrected chi connectivity index (χ2v) is 8.54. The van der Waals surface area contributed by atoms with E-state index in [0.717, 1.165) is 30.2 Å². The molecular weight excluding hydrogens is 376 g/mol. The van der Waals surface area contributed by atoms with Crippen LogP contribution in [0.15, 0.2) is 41.3 Å². The van der Waals surface area contributed by atoms with Crippen molar-refractivity contribution in [2.75, 3.05) is 22.7 Å². The van der Waals surface area contributed by atoms with Gasteiger partial charge in [-0.3, -0.25) is 9.82 Å². The molecule has 0 unspecified atom stereocenters. The Morgan fingerprint density at radius 2 is 1.71 bits per heavy atom. The highest BCUT2D eigenvalue weighted by Gasteiger charge is 2.22. The summed E-state index contributed by atoms with van der Waals surface area (Å²) in [7, 11) is -3.70. The maximum atomic E-state index is 12.6. The van der Waals surface area contributed by atoms with Crippen molar-refractivity contribution in [3.05, 3.63) is 47.8 Å². The lowest BCUT2D eigenvalue weighted by molar-refractivity contribution is 0.600. The summed E-state index contributed by atoms with van der Waals surface area (Å²) in [6.45, 7) is 5.39. The zero-order chi connectivity index (χ0) is 19.7. The molecule has 8 nitrogen and oxygen atoms in total. The summed E-state index contributed by atoms with van der Waals surface area (Å²) in [4.78, 5) is 2.41. The molecule has 9 heteroatoms. The fraction of sp³-hybridized carbons (Fsp3) is 0.316. The summed E-state index contributed by atoms with van der Waals surface area (Å²) in [5, 5.41) is 15.3. The zero-order valence-corrected chi connectivity index (χ0v) is 16.6. The van der Waals surface area contributed by atoms with Crippen molar-refractivity contribution in [3.8, 4) is 11.3 Å². The summed E-state index contributed by atoms with van der Waals surface area (Å²) >= 11 is 0. The van der Waals surface area contributed by atoms with Crippen LogP contribution in [0.3, 0.4) is 0 Å². The second-order valence-electron chi connectivity index (χ2n) is 6.92. The third-order valence-electron chi connectivity index (χ3n) is 4.84. The van der Waals surface area contributed by atoms with Gasteiger partial charge >= 0.3 is 0 Å². The lowest BCUT2D eigenvalue weighted by Crippen LogP contribution is -2.19. The van der Waals surface area contributed by atoms with Crippen molar-refractivity contribution in [2.45, 2.75) is 31.6 Å². The molecule has 0 spiro atoms. The largest absolute Gasteiger partial charge is 0.355 e. The van der Waals surface area contributed by atoms with Gasteiger partial charge in [0.2, 0.25) is 0 Å². The van der Waals surface area contributed by atoms with Gasteiger partial charge in [0.05, 0.1) is 17.1 Å². The number of benzene rings is 1. The van der Waals surface area contributed by atoms with Gasteiger partial charge in [-0.1, -0.05) is 12.1 Å². The first-order valence-corrected chi connectivity index (χ1v) is 10.7. The minimum atomic E-state index is -3.70. The van der Waals surface area contributed by atoms with Crippen LogP contribution < -0.4 is 9.62 Å². The molecular formula is C19H22N6O2S. The SMILES string of the molecule is Cc1n[nH]c(C)c1S(=O)(=O)Nc1ccc(-c2ccc(N3CCCC3)nn2)cc1. The first-order chi connectivity index (χ1) is 13.4. The lowest BCUT2D eigenvalue weighted by atomic mass is 10.1. The van der Waals surface area contributed by atoms with Crippen LogP contribution in [-0.2, 0) is 10.0 Å². The topological polar surface area (TPSA) is 104 Å². The predicted molar refractivity (Wildman–Crippen MR) is 108 cm³/mol. The molecule has 0 aliphatic carbocycles. The number of hydrogen-bond acceptors (Lipinski definition) is 6. The van der Waals surface area contributed by atoms with Crippen molar-refractivity contribution in [1.29, 1.82) is 0 Å². The highest BCUT2D eigenvalue weighted by atomic mass is 32.2. The van der Waals surface area contributed by atoms with Crippen LogP contribution in [-0.4, -0.2) is 41.9 Å². The first kappa shape index (κ1) is 18.4. The van der Waals surface area contributed by atoms with E-state index in [1.165, 1.54) is 12.8 Å². The van der Waals surface area contributed by atoms with Crippen molar-refractivity contribution in [2.24, 2.45) is 0 Å². The Labute approximate surface area is 164 Å². The minimum Gasteiger partial charge on any atom is -0.355 e. The normalized spacial score (nSPS) is 14.4. The number of nitrogens with one attached hydrogen (secondary N) is 2. The van der Waals surface area contributed by atoms with Crippen LogP contribution in [0.5, 0.6) is 0 Å². The van der Waals surface area contributed by atoms with E-state index < -0.39 is 10.0 Å². The second kappa shape index (κ2) is 7.23. The number of sulfonamides is 1. The first-order valence-electron chi connectivity index (χ1n) is 9.17. The Hall–Kier alpha value is -2.94. The molecule has 0 amide bonds. The molecule has 0 bridgehead atoms. The summed E-state index contributed by atoms with van der Waals surface area (Å²) < 4.78 is 27.8. The van der Waals surface area contributed by atoms with Gasteiger partial charge in [0, 0.05) is 24.3 Å². The van der Waals surface area contributed by atoms with E-state index in [4.69, 9.17) is 0 Å². The van der Waals surface area contributed by atoms with E-state index in [9.17, 15) is 8.42 Å². The minimum absolute atomic E-state index is 0.181. The Balaban J connectivity index is 1.51. The van der Waals surface area contributed by atoms with Crippen LogP contribution in [0.25, 0.3) is 11.3 Å². The number of H-pyrrole nitrogens is 1. The molecule has 28 heavy (non-hydrogen) atoms. The monoisotopic (exact) mass is 398 g/mol. The molecule has 3 aromatic rings. The van der Waals surface area contributed by atoms with Gasteiger partial charge < -0.3 is 4.90 Å². The summed E-state index contributed by atoms with van der Waals surface area (Å²) in [6.07, 6.45) is 2.39. The summed E-state index contributed by atoms with van der Waals surface area (Å²) in [6, 6.07) is 11.0. The molecule has 4 rings (SSSR count). The van der Waals surface area contributed by atoms with Crippen LogP contribution in [0, 0.1) is 13.8 Å². The van der Waals surface area contributed by atoms with Crippen LogP contribution in [0.1, 0.15) is 24.2 Å². The van der Waals surface area contributed by atoms with Gasteiger partial charge in [-0.15, -0.1) is 10.2 Å². The predicted octanol–water partition coefficient (Wildman–Crippen LogP) is 2.88. The summed E-state index contributed by atoms with van der Waals surface area (Å²) in [5.74, 6) is 0.900. The molecule has 1 saturated heterocycles. The average molecular weight is 398 g/mol. The van der Waals surface area contributed by atoms with Crippen LogP contribution in [0.2, 0.25) is 0 Å². The Morgan fingerprint density at radius 1 is 1.00 bits per heavy atom. The molecule has 1 aliphatic rings. The van der Waals surface area contributed by atoms with Gasteiger partial charge in [-0.25, -0.2) is 8.42 Å². The van der Waals surface area contributed by atoms with Gasteiger partial charge in [0.25, 0.3) is 10.0 Å². The van der Waals surface area contributed by atoms with E-state index in [1.54, 1.807) is 26.0 Å². The third kappa shape index (κ3) is 3.57. The van der Waals surface area contributed by atoms with Gasteiger partial charge in [-0.05, 0) is 51.0 Å². The molecule has 0 saturated carbocycles. The van der Waals surface area contributed by atoms with E-state index >= 15 is 0 Å². The van der Waals surface area contributed by atoms with Gasteiger partial charge in [0.15, 0.2) is 5.82 Å². The molecule has 0 radical (unpaired) electrons. The molecule has 3 heterocycles. The van der Waals surface area contributed by atoms with Gasteiger partial charge in [0.1, 0.15) is 4.90 Å². The van der Waals surface area contributed by atoms with E-state index in [2.05, 4.69) is 30.0 Å². The van der Waals surface area contributed by atoms with Crippen molar-refractivity contribution in [3.63, 3.8) is 0 Å². The highest BCUT2D eigenvalue weighted by Crippen LogP contribution is 2.24. The van der Waals surface area contributed by atoms with Crippen molar-refractivity contribution < 1.29 is 8.42 Å². The lowest BCUT2D eigenvalue weighted by Gasteiger charge is -2.15. The zero-order valence-electron chi connectivity index (χ0n) is 15.8. The van der Waals surface area contributed by atoms with Gasteiger partial charge in [-0.2, -0.15) is 5.10 Å². The standard InChI is InChI=1S/C19H22N6O2S/c1-13-19(14(2)21-20-13)28(26,27)24-16-7-5-15(6-8-16)17-9-10-18(23-22-17)25-11-3-4-12-25/h5-10,24H,3-4,11-12H2,1-2H3,(H,20,21). The van der Waals surface area contributed by atoms with E-state index in [0.29, 0.717) is 17.1 Å². The number of aryl methyl sites for hydroxylation is 2. The Morgan fingerprint density at radius 3 is 2.29 bits per heavy atom. The molecule has 146 valence electrons. The Kier molecular flexibility index (Phi) is 4.76. The molecule has 1 aliphatic heterocycles. The molecule has 2 aromatic heterocycles. The summed E-state index contributed by atoms with van der Waals surface area (Å²) in [5.41, 5.74) is 3.05. The van der Waals surface area contributed by atoms with Crippen molar-refractivity contribution in [1.82, 2.24) is 20.4 Å².